The molecule has 4 nitrogen and oxygen atoms in total. The number of rotatable bonds is 5. The summed E-state index contributed by atoms with van der Waals surface area (Å²) in [7, 11) is 0. The second-order valence-electron chi connectivity index (χ2n) is 6.13. The van der Waals surface area contributed by atoms with Crippen molar-refractivity contribution in [3.63, 3.8) is 0 Å². The average molecular weight is 442 g/mol. The molecule has 0 aliphatic carbocycles. The molecule has 1 aliphatic heterocycles. The molecular formula is C22H16ClNO3S2. The largest absolute Gasteiger partial charge is 0.492 e. The van der Waals surface area contributed by atoms with Crippen LogP contribution in [0.2, 0.25) is 5.02 Å². The van der Waals surface area contributed by atoms with Crippen molar-refractivity contribution in [2.75, 3.05) is 11.5 Å². The van der Waals surface area contributed by atoms with Crippen LogP contribution in [-0.4, -0.2) is 16.8 Å². The van der Waals surface area contributed by atoms with Gasteiger partial charge in [0.25, 0.3) is 5.91 Å². The molecule has 2 heterocycles. The number of furan rings is 1. The number of anilines is 1. The molecule has 0 radical (unpaired) electrons. The van der Waals surface area contributed by atoms with E-state index in [1.165, 1.54) is 16.7 Å². The lowest BCUT2D eigenvalue weighted by Gasteiger charge is -2.18. The topological polar surface area (TPSA) is 42.7 Å². The molecule has 1 amide bonds. The molecular weight excluding hydrogens is 426 g/mol. The van der Waals surface area contributed by atoms with E-state index in [0.29, 0.717) is 43.8 Å². The third-order valence-corrected chi connectivity index (χ3v) is 5.78. The predicted octanol–water partition coefficient (Wildman–Crippen LogP) is 6.40. The molecule has 1 saturated heterocycles. The van der Waals surface area contributed by atoms with E-state index in [9.17, 15) is 4.79 Å². The summed E-state index contributed by atoms with van der Waals surface area (Å²) < 4.78 is 12.0. The van der Waals surface area contributed by atoms with Crippen LogP contribution < -0.4 is 9.64 Å². The maximum atomic E-state index is 13.0. The molecule has 0 atom stereocenters. The number of carbonyl (C=O) groups excluding carboxylic acids is 1. The summed E-state index contributed by atoms with van der Waals surface area (Å²) in [5.41, 5.74) is 1.55. The van der Waals surface area contributed by atoms with E-state index in [4.69, 9.17) is 33.0 Å². The molecule has 2 aromatic carbocycles. The Hall–Kier alpha value is -2.54. The molecule has 1 fully saturated rings. The molecule has 1 aromatic heterocycles. The number of para-hydroxylation sites is 2. The third kappa shape index (κ3) is 4.10. The molecule has 0 unspecified atom stereocenters. The van der Waals surface area contributed by atoms with Gasteiger partial charge in [-0.05, 0) is 55.5 Å². The van der Waals surface area contributed by atoms with Crippen molar-refractivity contribution in [3.05, 3.63) is 76.4 Å². The Labute approximate surface area is 183 Å². The first kappa shape index (κ1) is 19.8. The Bertz CT molecular complexity index is 1110. The van der Waals surface area contributed by atoms with Crippen LogP contribution in [0.3, 0.4) is 0 Å². The van der Waals surface area contributed by atoms with Crippen molar-refractivity contribution in [3.8, 4) is 17.1 Å². The normalized spacial score (nSPS) is 15.4. The second-order valence-corrected chi connectivity index (χ2v) is 8.24. The minimum Gasteiger partial charge on any atom is -0.492 e. The second kappa shape index (κ2) is 8.45. The number of amides is 1. The van der Waals surface area contributed by atoms with E-state index in [-0.39, 0.29) is 5.91 Å². The fourth-order valence-corrected chi connectivity index (χ4v) is 4.31. The first-order chi connectivity index (χ1) is 14.1. The maximum Gasteiger partial charge on any atom is 0.271 e. The highest BCUT2D eigenvalue weighted by Crippen LogP contribution is 2.40. The van der Waals surface area contributed by atoms with Crippen LogP contribution in [0.4, 0.5) is 5.69 Å². The van der Waals surface area contributed by atoms with Gasteiger partial charge in [0.1, 0.15) is 17.3 Å². The summed E-state index contributed by atoms with van der Waals surface area (Å²) in [6.45, 7) is 2.40. The predicted molar refractivity (Wildman–Crippen MR) is 122 cm³/mol. The Kier molecular flexibility index (Phi) is 5.76. The highest BCUT2D eigenvalue weighted by molar-refractivity contribution is 8.27. The van der Waals surface area contributed by atoms with Gasteiger partial charge in [-0.25, -0.2) is 0 Å². The zero-order valence-corrected chi connectivity index (χ0v) is 17.8. The lowest BCUT2D eigenvalue weighted by molar-refractivity contribution is -0.113. The number of hydrogen-bond donors (Lipinski definition) is 0. The van der Waals surface area contributed by atoms with Crippen LogP contribution in [0.25, 0.3) is 17.4 Å². The Morgan fingerprint density at radius 1 is 1.14 bits per heavy atom. The number of benzene rings is 2. The van der Waals surface area contributed by atoms with Gasteiger partial charge in [0.15, 0.2) is 4.32 Å². The van der Waals surface area contributed by atoms with Crippen molar-refractivity contribution in [2.45, 2.75) is 6.92 Å². The van der Waals surface area contributed by atoms with E-state index < -0.39 is 0 Å². The van der Waals surface area contributed by atoms with Gasteiger partial charge in [-0.2, -0.15) is 0 Å². The lowest BCUT2D eigenvalue weighted by atomic mass is 10.2. The SMILES string of the molecule is CCOc1ccccc1N1C(=O)/C(=C/c2ccc(-c3ccc(Cl)cc3)o2)SC1=S. The number of carbonyl (C=O) groups is 1. The molecule has 4 rings (SSSR count). The van der Waals surface area contributed by atoms with Gasteiger partial charge < -0.3 is 9.15 Å². The van der Waals surface area contributed by atoms with Crippen LogP contribution in [0.1, 0.15) is 12.7 Å². The van der Waals surface area contributed by atoms with Gasteiger partial charge in [0.05, 0.1) is 17.2 Å². The Morgan fingerprint density at radius 2 is 1.90 bits per heavy atom. The van der Waals surface area contributed by atoms with Crippen molar-refractivity contribution < 1.29 is 13.9 Å². The molecule has 29 heavy (non-hydrogen) atoms. The molecule has 0 spiro atoms. The smallest absolute Gasteiger partial charge is 0.271 e. The summed E-state index contributed by atoms with van der Waals surface area (Å²) in [4.78, 5) is 15.0. The first-order valence-electron chi connectivity index (χ1n) is 8.92. The highest BCUT2D eigenvalue weighted by Gasteiger charge is 2.35. The van der Waals surface area contributed by atoms with Crippen molar-refractivity contribution in [2.24, 2.45) is 0 Å². The van der Waals surface area contributed by atoms with E-state index in [1.54, 1.807) is 18.2 Å². The molecule has 0 N–H and O–H groups in total. The summed E-state index contributed by atoms with van der Waals surface area (Å²) >= 11 is 12.6. The molecule has 1 aliphatic rings. The fraction of sp³-hybridized carbons (Fsp3) is 0.0909. The average Bonchev–Trinajstić information content (AvgIpc) is 3.28. The lowest BCUT2D eigenvalue weighted by Crippen LogP contribution is -2.28. The highest BCUT2D eigenvalue weighted by atomic mass is 35.5. The number of thiocarbonyl (C=S) groups is 1. The van der Waals surface area contributed by atoms with Gasteiger partial charge in [-0.3, -0.25) is 9.69 Å². The van der Waals surface area contributed by atoms with Gasteiger partial charge in [-0.15, -0.1) is 0 Å². The summed E-state index contributed by atoms with van der Waals surface area (Å²) in [5, 5.41) is 0.663. The van der Waals surface area contributed by atoms with E-state index in [2.05, 4.69) is 0 Å². The van der Waals surface area contributed by atoms with Crippen LogP contribution >= 0.6 is 35.6 Å². The summed E-state index contributed by atoms with van der Waals surface area (Å²) in [6, 6.07) is 18.4. The Balaban J connectivity index is 1.61. The molecule has 7 heteroatoms. The number of hydrogen-bond acceptors (Lipinski definition) is 5. The minimum absolute atomic E-state index is 0.198. The summed E-state index contributed by atoms with van der Waals surface area (Å²) in [6.07, 6.45) is 1.71. The molecule has 0 bridgehead atoms. The van der Waals surface area contributed by atoms with Gasteiger partial charge >= 0.3 is 0 Å². The van der Waals surface area contributed by atoms with E-state index in [0.717, 1.165) is 5.56 Å². The zero-order valence-electron chi connectivity index (χ0n) is 15.4. The maximum absolute atomic E-state index is 13.0. The molecule has 146 valence electrons. The number of nitrogens with zero attached hydrogens (tertiary/aromatic N) is 1. The van der Waals surface area contributed by atoms with Crippen LogP contribution in [0.15, 0.2) is 70.0 Å². The number of ether oxygens (including phenoxy) is 1. The van der Waals surface area contributed by atoms with Crippen molar-refractivity contribution >= 4 is 57.6 Å². The first-order valence-corrected chi connectivity index (χ1v) is 10.5. The van der Waals surface area contributed by atoms with Crippen LogP contribution in [0.5, 0.6) is 5.75 Å². The third-order valence-electron chi connectivity index (χ3n) is 4.23. The van der Waals surface area contributed by atoms with Gasteiger partial charge in [-0.1, -0.05) is 47.7 Å². The molecule has 0 saturated carbocycles. The van der Waals surface area contributed by atoms with E-state index in [1.807, 2.05) is 55.5 Å². The Morgan fingerprint density at radius 3 is 2.66 bits per heavy atom. The monoisotopic (exact) mass is 441 g/mol. The van der Waals surface area contributed by atoms with Crippen LogP contribution in [0, 0.1) is 0 Å². The number of halogens is 1. The number of thioether (sulfide) groups is 1. The zero-order chi connectivity index (χ0) is 20.4. The standard InChI is InChI=1S/C22H16ClNO3S2/c1-2-26-19-6-4-3-5-17(19)24-21(25)20(29-22(24)28)13-16-11-12-18(27-16)14-7-9-15(23)10-8-14/h3-13H,2H2,1H3/b20-13-. The van der Waals surface area contributed by atoms with Crippen molar-refractivity contribution in [1.82, 2.24) is 0 Å². The van der Waals surface area contributed by atoms with Gasteiger partial charge in [0.2, 0.25) is 0 Å². The van der Waals surface area contributed by atoms with E-state index >= 15 is 0 Å². The van der Waals surface area contributed by atoms with Gasteiger partial charge in [0, 0.05) is 16.7 Å². The quantitative estimate of drug-likeness (QED) is 0.338. The summed E-state index contributed by atoms with van der Waals surface area (Å²) in [5.74, 6) is 1.70. The van der Waals surface area contributed by atoms with Crippen molar-refractivity contribution in [1.29, 1.82) is 0 Å². The molecule has 3 aromatic rings. The fourth-order valence-electron chi connectivity index (χ4n) is 2.92. The van der Waals surface area contributed by atoms with Crippen LogP contribution in [-0.2, 0) is 4.79 Å². The minimum atomic E-state index is -0.198.